The van der Waals surface area contributed by atoms with Crippen LogP contribution in [0.2, 0.25) is 0 Å². The topological polar surface area (TPSA) is 82.2 Å². The van der Waals surface area contributed by atoms with Crippen LogP contribution in [0.25, 0.3) is 0 Å². The van der Waals surface area contributed by atoms with E-state index in [4.69, 9.17) is 5.11 Å². The minimum absolute atomic E-state index is 0.170. The second kappa shape index (κ2) is 5.66. The molecular weight excluding hydrogens is 277 g/mol. The van der Waals surface area contributed by atoms with Crippen molar-refractivity contribution in [2.24, 2.45) is 0 Å². The number of amides is 1. The molecule has 0 atom stereocenters. The van der Waals surface area contributed by atoms with Crippen LogP contribution in [0, 0.1) is 0 Å². The van der Waals surface area contributed by atoms with Crippen LogP contribution < -0.4 is 10.9 Å². The second-order valence-electron chi connectivity index (χ2n) is 4.92. The summed E-state index contributed by atoms with van der Waals surface area (Å²) < 4.78 is 37.1. The summed E-state index contributed by atoms with van der Waals surface area (Å²) in [5.74, 6) is -0.793. The van der Waals surface area contributed by atoms with E-state index >= 15 is 0 Å². The number of aliphatic hydroxyl groups excluding tert-OH is 1. The Morgan fingerprint density at radius 2 is 1.95 bits per heavy atom. The number of carbonyl (C=O) groups excluding carboxylic acids is 1. The van der Waals surface area contributed by atoms with Crippen LogP contribution in [0.1, 0.15) is 36.3 Å². The lowest BCUT2D eigenvalue weighted by atomic mass is 10.0. The number of H-pyrrole nitrogens is 1. The molecule has 0 aliphatic carbocycles. The second-order valence-corrected chi connectivity index (χ2v) is 4.92. The Balaban J connectivity index is 2.99. The number of aromatic amines is 1. The molecule has 8 heteroatoms. The van der Waals surface area contributed by atoms with Gasteiger partial charge in [-0.15, -0.1) is 0 Å². The van der Waals surface area contributed by atoms with Gasteiger partial charge in [0.15, 0.2) is 0 Å². The summed E-state index contributed by atoms with van der Waals surface area (Å²) in [5, 5.41) is 11.3. The molecule has 0 saturated carbocycles. The zero-order chi connectivity index (χ0) is 15.6. The highest BCUT2D eigenvalue weighted by Crippen LogP contribution is 2.26. The summed E-state index contributed by atoms with van der Waals surface area (Å²) >= 11 is 0. The minimum atomic E-state index is -4.68. The Bertz CT molecular complexity index is 550. The summed E-state index contributed by atoms with van der Waals surface area (Å²) in [4.78, 5) is 25.0. The lowest BCUT2D eigenvalue weighted by molar-refractivity contribution is -0.141. The molecule has 0 aliphatic heterocycles. The van der Waals surface area contributed by atoms with Gasteiger partial charge in [0, 0.05) is 12.1 Å². The average molecular weight is 292 g/mol. The van der Waals surface area contributed by atoms with Gasteiger partial charge in [0.25, 0.3) is 11.5 Å². The highest BCUT2D eigenvalue weighted by atomic mass is 19.4. The van der Waals surface area contributed by atoms with Crippen molar-refractivity contribution in [3.8, 4) is 0 Å². The normalized spacial score (nSPS) is 12.3. The molecule has 0 radical (unpaired) electrons. The van der Waals surface area contributed by atoms with E-state index in [9.17, 15) is 22.8 Å². The van der Waals surface area contributed by atoms with E-state index in [1.54, 1.807) is 18.8 Å². The van der Waals surface area contributed by atoms with Crippen LogP contribution in [-0.4, -0.2) is 28.1 Å². The number of rotatable bonds is 4. The molecule has 112 valence electrons. The number of carbonyl (C=O) groups is 1. The molecule has 20 heavy (non-hydrogen) atoms. The third kappa shape index (κ3) is 4.09. The lowest BCUT2D eigenvalue weighted by Gasteiger charge is -2.25. The number of pyridine rings is 1. The first-order valence-electron chi connectivity index (χ1n) is 5.81. The van der Waals surface area contributed by atoms with Crippen molar-refractivity contribution in [1.29, 1.82) is 0 Å². The minimum Gasteiger partial charge on any atom is -0.396 e. The summed E-state index contributed by atoms with van der Waals surface area (Å²) in [6.45, 7) is 3.08. The molecule has 1 heterocycles. The molecule has 0 aliphatic rings. The first-order valence-corrected chi connectivity index (χ1v) is 5.81. The maximum absolute atomic E-state index is 12.4. The summed E-state index contributed by atoms with van der Waals surface area (Å²) in [6.07, 6.45) is -4.43. The third-order valence-corrected chi connectivity index (χ3v) is 2.65. The quantitative estimate of drug-likeness (QED) is 0.782. The monoisotopic (exact) mass is 292 g/mol. The summed E-state index contributed by atoms with van der Waals surface area (Å²) in [5.41, 5.74) is -3.52. The van der Waals surface area contributed by atoms with Crippen LogP contribution in [0.15, 0.2) is 16.9 Å². The molecule has 0 saturated heterocycles. The fourth-order valence-corrected chi connectivity index (χ4v) is 1.53. The maximum atomic E-state index is 12.4. The maximum Gasteiger partial charge on any atom is 0.431 e. The van der Waals surface area contributed by atoms with Crippen molar-refractivity contribution in [2.45, 2.75) is 32.0 Å². The number of halogens is 3. The van der Waals surface area contributed by atoms with Gasteiger partial charge in [-0.1, -0.05) is 0 Å². The highest BCUT2D eigenvalue weighted by Gasteiger charge is 2.32. The zero-order valence-corrected chi connectivity index (χ0v) is 11.0. The van der Waals surface area contributed by atoms with Gasteiger partial charge in [-0.3, -0.25) is 9.59 Å². The van der Waals surface area contributed by atoms with Gasteiger partial charge in [-0.05, 0) is 32.4 Å². The van der Waals surface area contributed by atoms with Crippen molar-refractivity contribution in [3.63, 3.8) is 0 Å². The van der Waals surface area contributed by atoms with Crippen LogP contribution in [0.4, 0.5) is 13.2 Å². The molecule has 3 N–H and O–H groups in total. The summed E-state index contributed by atoms with van der Waals surface area (Å²) in [6, 6.07) is 1.46. The fourth-order valence-electron chi connectivity index (χ4n) is 1.53. The lowest BCUT2D eigenvalue weighted by Crippen LogP contribution is -2.45. The molecule has 0 bridgehead atoms. The van der Waals surface area contributed by atoms with Crippen molar-refractivity contribution >= 4 is 5.91 Å². The molecule has 1 amide bonds. The number of aromatic nitrogens is 1. The molecule has 0 aromatic carbocycles. The predicted molar refractivity (Wildman–Crippen MR) is 65.3 cm³/mol. The molecule has 5 nitrogen and oxygen atoms in total. The van der Waals surface area contributed by atoms with Crippen molar-refractivity contribution in [2.75, 3.05) is 6.61 Å². The first-order chi connectivity index (χ1) is 9.07. The molecule has 1 aromatic rings. The average Bonchev–Trinajstić information content (AvgIpc) is 2.26. The van der Waals surface area contributed by atoms with Gasteiger partial charge < -0.3 is 15.4 Å². The van der Waals surface area contributed by atoms with Gasteiger partial charge in [0.05, 0.1) is 0 Å². The van der Waals surface area contributed by atoms with Crippen molar-refractivity contribution < 1.29 is 23.1 Å². The Morgan fingerprint density at radius 1 is 1.35 bits per heavy atom. The Morgan fingerprint density at radius 3 is 2.40 bits per heavy atom. The van der Waals surface area contributed by atoms with Gasteiger partial charge in [-0.25, -0.2) is 0 Å². The highest BCUT2D eigenvalue weighted by molar-refractivity contribution is 5.94. The van der Waals surface area contributed by atoms with E-state index < -0.39 is 34.4 Å². The Hall–Kier alpha value is -1.83. The largest absolute Gasteiger partial charge is 0.431 e. The molecule has 1 rings (SSSR count). The summed E-state index contributed by atoms with van der Waals surface area (Å²) in [7, 11) is 0. The van der Waals surface area contributed by atoms with Crippen molar-refractivity contribution in [3.05, 3.63) is 33.7 Å². The first kappa shape index (κ1) is 16.2. The zero-order valence-electron chi connectivity index (χ0n) is 11.0. The van der Waals surface area contributed by atoms with Crippen LogP contribution in [0.5, 0.6) is 0 Å². The number of aliphatic hydroxyl groups is 1. The number of hydrogen-bond donors (Lipinski definition) is 3. The smallest absolute Gasteiger partial charge is 0.396 e. The van der Waals surface area contributed by atoms with Crippen LogP contribution in [0.3, 0.4) is 0 Å². The van der Waals surface area contributed by atoms with E-state index in [0.29, 0.717) is 6.07 Å². The van der Waals surface area contributed by atoms with E-state index in [1.165, 1.54) is 0 Å². The van der Waals surface area contributed by atoms with Gasteiger partial charge >= 0.3 is 6.18 Å². The van der Waals surface area contributed by atoms with Gasteiger partial charge in [0.1, 0.15) is 11.3 Å². The number of alkyl halides is 3. The van der Waals surface area contributed by atoms with E-state index in [2.05, 4.69) is 5.32 Å². The fraction of sp³-hybridized carbons (Fsp3) is 0.500. The Labute approximate surface area is 112 Å². The molecule has 0 unspecified atom stereocenters. The predicted octanol–water partition coefficient (Wildman–Crippen LogP) is 1.28. The third-order valence-electron chi connectivity index (χ3n) is 2.65. The standard InChI is InChI=1S/C12H15F3N2O3/c1-11(2,5-6-18)17-10(20)7-3-4-8(12(13,14)15)16-9(7)19/h3-4,18H,5-6H2,1-2H3,(H,16,19)(H,17,20). The van der Waals surface area contributed by atoms with Crippen molar-refractivity contribution in [1.82, 2.24) is 10.3 Å². The molecular formula is C12H15F3N2O3. The Kier molecular flexibility index (Phi) is 4.59. The van der Waals surface area contributed by atoms with Crippen LogP contribution >= 0.6 is 0 Å². The van der Waals surface area contributed by atoms with Gasteiger partial charge in [0.2, 0.25) is 0 Å². The SMILES string of the molecule is CC(C)(CCO)NC(=O)c1ccc(C(F)(F)F)[nH]c1=O. The molecule has 0 fully saturated rings. The van der Waals surface area contributed by atoms with E-state index in [-0.39, 0.29) is 13.0 Å². The van der Waals surface area contributed by atoms with Crippen LogP contribution in [-0.2, 0) is 6.18 Å². The van der Waals surface area contributed by atoms with E-state index in [0.717, 1.165) is 6.07 Å². The van der Waals surface area contributed by atoms with E-state index in [1.807, 2.05) is 0 Å². The molecule has 0 spiro atoms. The number of hydrogen-bond acceptors (Lipinski definition) is 3. The number of nitrogens with one attached hydrogen (secondary N) is 2. The van der Waals surface area contributed by atoms with Gasteiger partial charge in [-0.2, -0.15) is 13.2 Å². The molecule has 1 aromatic heterocycles.